The van der Waals surface area contributed by atoms with Crippen molar-refractivity contribution in [3.8, 4) is 22.6 Å². The number of benzene rings is 7. The summed E-state index contributed by atoms with van der Waals surface area (Å²) in [5.74, 6) is 1.49. The van der Waals surface area contributed by atoms with E-state index in [0.717, 1.165) is 61.2 Å². The van der Waals surface area contributed by atoms with Crippen LogP contribution in [0.15, 0.2) is 173 Å². The summed E-state index contributed by atoms with van der Waals surface area (Å²) in [5.41, 5.74) is 9.17. The van der Waals surface area contributed by atoms with Crippen LogP contribution in [0.5, 0.6) is 0 Å². The summed E-state index contributed by atoms with van der Waals surface area (Å²) < 4.78 is 6.29. The van der Waals surface area contributed by atoms with Gasteiger partial charge in [0.15, 0.2) is 5.58 Å². The van der Waals surface area contributed by atoms with E-state index in [0.29, 0.717) is 5.89 Å². The second-order valence-electron chi connectivity index (χ2n) is 11.9. The van der Waals surface area contributed by atoms with Crippen molar-refractivity contribution in [3.05, 3.63) is 180 Å². The standard InChI is InChI=1S/C43H29N3O/c1-3-11-29(12-4-1)39-27-40(35-19-18-28-10-7-8-15-31(28)25-35)45-42(44-39)36-17-9-16-32(26-36)33-20-22-37-34(24-33)21-23-38-41(37)47-43(46-38)30-13-5-2-6-14-30/h1-27,40H,(H,44,45). The number of amidine groups is 1. The number of aliphatic imine (C=N–C) groups is 1. The van der Waals surface area contributed by atoms with Gasteiger partial charge in [0.05, 0.1) is 11.7 Å². The second kappa shape index (κ2) is 11.3. The SMILES string of the molecule is C1=C(c2ccccc2)N=C(c2cccc(-c3ccc4c(ccc5nc(-c6ccccc6)oc54)c3)c2)NC1c1ccc2ccccc2c1. The van der Waals surface area contributed by atoms with Gasteiger partial charge in [-0.25, -0.2) is 9.98 Å². The maximum Gasteiger partial charge on any atom is 0.227 e. The Balaban J connectivity index is 1.09. The van der Waals surface area contributed by atoms with E-state index in [1.807, 2.05) is 42.5 Å². The van der Waals surface area contributed by atoms with Gasteiger partial charge in [0.1, 0.15) is 11.4 Å². The molecule has 4 nitrogen and oxygen atoms in total. The molecule has 1 unspecified atom stereocenters. The quantitative estimate of drug-likeness (QED) is 0.213. The number of oxazole rings is 1. The molecular formula is C43H29N3O. The number of hydrogen-bond donors (Lipinski definition) is 1. The van der Waals surface area contributed by atoms with Crippen molar-refractivity contribution in [2.24, 2.45) is 4.99 Å². The second-order valence-corrected chi connectivity index (χ2v) is 11.9. The normalized spacial score (nSPS) is 14.6. The Labute approximate surface area is 272 Å². The molecule has 1 aromatic heterocycles. The van der Waals surface area contributed by atoms with Crippen LogP contribution in [0.2, 0.25) is 0 Å². The van der Waals surface area contributed by atoms with E-state index >= 15 is 0 Å². The van der Waals surface area contributed by atoms with Gasteiger partial charge in [0, 0.05) is 16.5 Å². The van der Waals surface area contributed by atoms with Crippen molar-refractivity contribution in [2.45, 2.75) is 6.04 Å². The van der Waals surface area contributed by atoms with E-state index in [9.17, 15) is 0 Å². The van der Waals surface area contributed by atoms with Gasteiger partial charge in [-0.05, 0) is 87.0 Å². The highest BCUT2D eigenvalue weighted by atomic mass is 16.3. The van der Waals surface area contributed by atoms with Crippen LogP contribution in [-0.4, -0.2) is 10.8 Å². The Bertz CT molecular complexity index is 2490. The van der Waals surface area contributed by atoms with Gasteiger partial charge >= 0.3 is 0 Å². The highest BCUT2D eigenvalue weighted by molar-refractivity contribution is 6.06. The summed E-state index contributed by atoms with van der Waals surface area (Å²) in [6.45, 7) is 0. The van der Waals surface area contributed by atoms with Crippen LogP contribution in [0, 0.1) is 0 Å². The molecular weight excluding hydrogens is 574 g/mol. The minimum atomic E-state index is -0.0308. The lowest BCUT2D eigenvalue weighted by atomic mass is 9.96. The molecule has 0 bridgehead atoms. The van der Waals surface area contributed by atoms with Crippen molar-refractivity contribution in [3.63, 3.8) is 0 Å². The summed E-state index contributed by atoms with van der Waals surface area (Å²) in [6, 6.07) is 54.9. The number of rotatable bonds is 5. The lowest BCUT2D eigenvalue weighted by Gasteiger charge is -2.25. The molecule has 0 fully saturated rings. The van der Waals surface area contributed by atoms with Crippen molar-refractivity contribution < 1.29 is 4.42 Å². The van der Waals surface area contributed by atoms with Crippen LogP contribution in [0.3, 0.4) is 0 Å². The van der Waals surface area contributed by atoms with Crippen molar-refractivity contribution in [2.75, 3.05) is 0 Å². The summed E-state index contributed by atoms with van der Waals surface area (Å²) in [6.07, 6.45) is 2.23. The highest BCUT2D eigenvalue weighted by Crippen LogP contribution is 2.34. The van der Waals surface area contributed by atoms with Gasteiger partial charge in [-0.2, -0.15) is 0 Å². The molecule has 0 spiro atoms. The molecule has 47 heavy (non-hydrogen) atoms. The number of nitrogens with zero attached hydrogens (tertiary/aromatic N) is 2. The van der Waals surface area contributed by atoms with Crippen molar-refractivity contribution in [1.29, 1.82) is 0 Å². The van der Waals surface area contributed by atoms with E-state index in [4.69, 9.17) is 14.4 Å². The highest BCUT2D eigenvalue weighted by Gasteiger charge is 2.20. The molecule has 1 aliphatic heterocycles. The third-order valence-corrected chi connectivity index (χ3v) is 8.91. The zero-order chi connectivity index (χ0) is 31.2. The fourth-order valence-electron chi connectivity index (χ4n) is 6.48. The number of nitrogens with one attached hydrogen (secondary N) is 1. The zero-order valence-electron chi connectivity index (χ0n) is 25.5. The lowest BCUT2D eigenvalue weighted by Crippen LogP contribution is -2.31. The average Bonchev–Trinajstić information content (AvgIpc) is 3.60. The number of fused-ring (bicyclic) bond motifs is 4. The molecule has 222 valence electrons. The first kappa shape index (κ1) is 27.1. The van der Waals surface area contributed by atoms with Gasteiger partial charge < -0.3 is 9.73 Å². The molecule has 0 amide bonds. The van der Waals surface area contributed by atoms with Gasteiger partial charge in [0.2, 0.25) is 5.89 Å². The monoisotopic (exact) mass is 603 g/mol. The summed E-state index contributed by atoms with van der Waals surface area (Å²) >= 11 is 0. The Kier molecular flexibility index (Phi) is 6.50. The maximum absolute atomic E-state index is 6.29. The molecule has 0 saturated heterocycles. The average molecular weight is 604 g/mol. The fraction of sp³-hybridized carbons (Fsp3) is 0.0233. The molecule has 8 aromatic rings. The van der Waals surface area contributed by atoms with E-state index in [2.05, 4.69) is 127 Å². The zero-order valence-corrected chi connectivity index (χ0v) is 25.5. The van der Waals surface area contributed by atoms with Crippen LogP contribution in [0.1, 0.15) is 22.7 Å². The molecule has 0 radical (unpaired) electrons. The van der Waals surface area contributed by atoms with E-state index in [1.165, 1.54) is 16.3 Å². The largest absolute Gasteiger partial charge is 0.435 e. The molecule has 7 aromatic carbocycles. The first-order valence-corrected chi connectivity index (χ1v) is 15.9. The topological polar surface area (TPSA) is 50.4 Å². The third-order valence-electron chi connectivity index (χ3n) is 8.91. The van der Waals surface area contributed by atoms with Crippen molar-refractivity contribution >= 4 is 44.2 Å². The molecule has 1 aliphatic rings. The molecule has 0 saturated carbocycles. The summed E-state index contributed by atoms with van der Waals surface area (Å²) in [7, 11) is 0. The van der Waals surface area contributed by atoms with Crippen LogP contribution in [-0.2, 0) is 0 Å². The Morgan fingerprint density at radius 1 is 0.511 bits per heavy atom. The minimum absolute atomic E-state index is 0.0308. The van der Waals surface area contributed by atoms with Gasteiger partial charge in [0.25, 0.3) is 0 Å². The molecule has 2 heterocycles. The predicted molar refractivity (Wildman–Crippen MR) is 193 cm³/mol. The van der Waals surface area contributed by atoms with Gasteiger partial charge in [-0.1, -0.05) is 115 Å². The van der Waals surface area contributed by atoms with E-state index < -0.39 is 0 Å². The Morgan fingerprint density at radius 3 is 2.06 bits per heavy atom. The number of hydrogen-bond acceptors (Lipinski definition) is 4. The molecule has 9 rings (SSSR count). The Hall–Kier alpha value is -6.26. The smallest absolute Gasteiger partial charge is 0.227 e. The van der Waals surface area contributed by atoms with Crippen LogP contribution < -0.4 is 5.32 Å². The van der Waals surface area contributed by atoms with Crippen LogP contribution >= 0.6 is 0 Å². The molecule has 1 N–H and O–H groups in total. The summed E-state index contributed by atoms with van der Waals surface area (Å²) in [5, 5.41) is 8.36. The third kappa shape index (κ3) is 5.06. The predicted octanol–water partition coefficient (Wildman–Crippen LogP) is 10.6. The van der Waals surface area contributed by atoms with E-state index in [1.54, 1.807) is 0 Å². The Morgan fingerprint density at radius 2 is 1.21 bits per heavy atom. The fourth-order valence-corrected chi connectivity index (χ4v) is 6.48. The van der Waals surface area contributed by atoms with Crippen LogP contribution in [0.25, 0.3) is 60.9 Å². The number of aromatic nitrogens is 1. The first-order valence-electron chi connectivity index (χ1n) is 15.9. The summed E-state index contributed by atoms with van der Waals surface area (Å²) in [4.78, 5) is 9.91. The molecule has 1 atom stereocenters. The molecule has 4 heteroatoms. The molecule has 0 aliphatic carbocycles. The first-order chi connectivity index (χ1) is 23.2. The minimum Gasteiger partial charge on any atom is -0.435 e. The van der Waals surface area contributed by atoms with E-state index in [-0.39, 0.29) is 6.04 Å². The van der Waals surface area contributed by atoms with Crippen LogP contribution in [0.4, 0.5) is 0 Å². The van der Waals surface area contributed by atoms with Crippen molar-refractivity contribution in [1.82, 2.24) is 10.3 Å². The van der Waals surface area contributed by atoms with Gasteiger partial charge in [-0.3, -0.25) is 0 Å². The maximum atomic E-state index is 6.29. The lowest BCUT2D eigenvalue weighted by molar-refractivity contribution is 0.623. The van der Waals surface area contributed by atoms with Gasteiger partial charge in [-0.15, -0.1) is 0 Å².